The fourth-order valence-electron chi connectivity index (χ4n) is 1.54. The predicted molar refractivity (Wildman–Crippen MR) is 61.2 cm³/mol. The summed E-state index contributed by atoms with van der Waals surface area (Å²) < 4.78 is 10.6. The van der Waals surface area contributed by atoms with Gasteiger partial charge in [-0.3, -0.25) is 4.79 Å². The Labute approximate surface area is 99.0 Å². The van der Waals surface area contributed by atoms with Gasteiger partial charge in [0.25, 0.3) is 5.91 Å². The number of alkyl halides is 1. The van der Waals surface area contributed by atoms with Crippen LogP contribution in [0.2, 0.25) is 0 Å². The summed E-state index contributed by atoms with van der Waals surface area (Å²) in [6, 6.07) is 0. The normalized spacial score (nSPS) is 21.3. The summed E-state index contributed by atoms with van der Waals surface area (Å²) >= 11 is 3.35. The molecule has 1 unspecified atom stereocenters. The van der Waals surface area contributed by atoms with Gasteiger partial charge in [-0.05, 0) is 6.42 Å². The smallest absolute Gasteiger partial charge is 0.254 e. The quantitative estimate of drug-likeness (QED) is 0.706. The van der Waals surface area contributed by atoms with E-state index >= 15 is 0 Å². The lowest BCUT2D eigenvalue weighted by Gasteiger charge is -2.28. The lowest BCUT2D eigenvalue weighted by atomic mass is 10.3. The summed E-state index contributed by atoms with van der Waals surface area (Å²) in [4.78, 5) is 13.8. The summed E-state index contributed by atoms with van der Waals surface area (Å²) in [7, 11) is 0. The molecule has 1 rings (SSSR count). The molecule has 1 atom stereocenters. The fourth-order valence-corrected chi connectivity index (χ4v) is 1.97. The lowest BCUT2D eigenvalue weighted by Crippen LogP contribution is -2.46. The molecule has 0 bridgehead atoms. The van der Waals surface area contributed by atoms with E-state index in [-0.39, 0.29) is 5.91 Å². The summed E-state index contributed by atoms with van der Waals surface area (Å²) in [6.07, 6.45) is 0.566. The molecule has 0 aromatic rings. The average Bonchev–Trinajstić information content (AvgIpc) is 2.29. The second kappa shape index (κ2) is 7.19. The minimum Gasteiger partial charge on any atom is -0.376 e. The van der Waals surface area contributed by atoms with Crippen LogP contribution >= 0.6 is 15.9 Å². The Kier molecular flexibility index (Phi) is 6.20. The first-order chi connectivity index (χ1) is 7.29. The molecule has 1 amide bonds. The molecule has 5 heteroatoms. The van der Waals surface area contributed by atoms with E-state index in [9.17, 15) is 4.79 Å². The molecule has 1 aliphatic heterocycles. The second-order valence-corrected chi connectivity index (χ2v) is 4.24. The maximum atomic E-state index is 12.0. The number of hydrogen-bond donors (Lipinski definition) is 0. The first-order valence-electron chi connectivity index (χ1n) is 5.33. The minimum atomic E-state index is -0.399. The van der Waals surface area contributed by atoms with E-state index < -0.39 is 6.10 Å². The Morgan fingerprint density at radius 2 is 2.27 bits per heavy atom. The Balaban J connectivity index is 2.45. The molecule has 0 aliphatic carbocycles. The van der Waals surface area contributed by atoms with Crippen LogP contribution in [0, 0.1) is 0 Å². The topological polar surface area (TPSA) is 38.8 Å². The maximum Gasteiger partial charge on any atom is 0.254 e. The van der Waals surface area contributed by atoms with Crippen LogP contribution in [0.1, 0.15) is 13.3 Å². The van der Waals surface area contributed by atoms with E-state index in [0.29, 0.717) is 19.8 Å². The van der Waals surface area contributed by atoms with E-state index in [1.54, 1.807) is 0 Å². The van der Waals surface area contributed by atoms with Crippen LogP contribution in [0.4, 0.5) is 0 Å². The molecule has 88 valence electrons. The van der Waals surface area contributed by atoms with Gasteiger partial charge in [0.15, 0.2) is 6.10 Å². The number of amides is 1. The summed E-state index contributed by atoms with van der Waals surface area (Å²) in [5.74, 6) is 0.0519. The highest BCUT2D eigenvalue weighted by atomic mass is 79.9. The van der Waals surface area contributed by atoms with E-state index in [0.717, 1.165) is 24.8 Å². The molecule has 0 radical (unpaired) electrons. The Hall–Kier alpha value is -0.130. The van der Waals surface area contributed by atoms with Crippen molar-refractivity contribution in [1.29, 1.82) is 0 Å². The SMILES string of the molecule is CCCN(CCBr)C(=O)C1COCCO1. The molecule has 0 aromatic heterocycles. The van der Waals surface area contributed by atoms with Crippen LogP contribution in [0.15, 0.2) is 0 Å². The number of hydrogen-bond acceptors (Lipinski definition) is 3. The summed E-state index contributed by atoms with van der Waals surface area (Å²) in [5.41, 5.74) is 0. The molecule has 1 saturated heterocycles. The Bertz CT molecular complexity index is 189. The fraction of sp³-hybridized carbons (Fsp3) is 0.900. The van der Waals surface area contributed by atoms with Gasteiger partial charge >= 0.3 is 0 Å². The Morgan fingerprint density at radius 3 is 2.80 bits per heavy atom. The van der Waals surface area contributed by atoms with Crippen molar-refractivity contribution < 1.29 is 14.3 Å². The molecule has 1 heterocycles. The van der Waals surface area contributed by atoms with Crippen LogP contribution in [0.5, 0.6) is 0 Å². The molecular weight excluding hydrogens is 262 g/mol. The number of rotatable bonds is 5. The number of halogens is 1. The molecule has 4 nitrogen and oxygen atoms in total. The van der Waals surface area contributed by atoms with Gasteiger partial charge in [-0.1, -0.05) is 22.9 Å². The highest BCUT2D eigenvalue weighted by molar-refractivity contribution is 9.09. The van der Waals surface area contributed by atoms with Gasteiger partial charge in [0.05, 0.1) is 19.8 Å². The average molecular weight is 280 g/mol. The first-order valence-corrected chi connectivity index (χ1v) is 6.45. The third kappa shape index (κ3) is 4.09. The largest absolute Gasteiger partial charge is 0.376 e. The van der Waals surface area contributed by atoms with Gasteiger partial charge in [0, 0.05) is 18.4 Å². The number of ether oxygens (including phenoxy) is 2. The van der Waals surface area contributed by atoms with Gasteiger partial charge in [-0.15, -0.1) is 0 Å². The van der Waals surface area contributed by atoms with Crippen molar-refractivity contribution in [2.75, 3.05) is 38.2 Å². The monoisotopic (exact) mass is 279 g/mol. The Morgan fingerprint density at radius 1 is 1.47 bits per heavy atom. The van der Waals surface area contributed by atoms with Crippen molar-refractivity contribution in [3.8, 4) is 0 Å². The first kappa shape index (κ1) is 12.9. The van der Waals surface area contributed by atoms with Crippen molar-refractivity contribution in [2.24, 2.45) is 0 Å². The van der Waals surface area contributed by atoms with Gasteiger partial charge in [0.1, 0.15) is 0 Å². The van der Waals surface area contributed by atoms with Crippen LogP contribution in [0.25, 0.3) is 0 Å². The van der Waals surface area contributed by atoms with E-state index in [1.807, 2.05) is 4.90 Å². The standard InChI is InChI=1S/C10H18BrNO3/c1-2-4-12(5-3-11)10(13)9-8-14-6-7-15-9/h9H,2-8H2,1H3. The zero-order chi connectivity index (χ0) is 11.1. The molecule has 0 spiro atoms. The third-order valence-electron chi connectivity index (χ3n) is 2.25. The van der Waals surface area contributed by atoms with Crippen molar-refractivity contribution in [2.45, 2.75) is 19.4 Å². The van der Waals surface area contributed by atoms with Crippen LogP contribution < -0.4 is 0 Å². The lowest BCUT2D eigenvalue weighted by molar-refractivity contribution is -0.157. The number of carbonyl (C=O) groups is 1. The molecular formula is C10H18BrNO3. The summed E-state index contributed by atoms with van der Waals surface area (Å²) in [5, 5.41) is 0.798. The second-order valence-electron chi connectivity index (χ2n) is 3.45. The molecule has 0 N–H and O–H groups in total. The predicted octanol–water partition coefficient (Wildman–Crippen LogP) is 1.04. The van der Waals surface area contributed by atoms with Gasteiger partial charge in [0.2, 0.25) is 0 Å². The number of carbonyl (C=O) groups excluding carboxylic acids is 1. The molecule has 0 aromatic carbocycles. The molecule has 15 heavy (non-hydrogen) atoms. The highest BCUT2D eigenvalue weighted by Crippen LogP contribution is 2.06. The van der Waals surface area contributed by atoms with Crippen molar-refractivity contribution >= 4 is 21.8 Å². The van der Waals surface area contributed by atoms with Crippen molar-refractivity contribution in [3.05, 3.63) is 0 Å². The van der Waals surface area contributed by atoms with E-state index in [1.165, 1.54) is 0 Å². The molecule has 0 saturated carbocycles. The van der Waals surface area contributed by atoms with Crippen LogP contribution in [-0.4, -0.2) is 55.2 Å². The minimum absolute atomic E-state index is 0.0519. The number of nitrogens with zero attached hydrogens (tertiary/aromatic N) is 1. The summed E-state index contributed by atoms with van der Waals surface area (Å²) in [6.45, 7) is 5.07. The van der Waals surface area contributed by atoms with Crippen LogP contribution in [0.3, 0.4) is 0 Å². The van der Waals surface area contributed by atoms with Crippen molar-refractivity contribution in [3.63, 3.8) is 0 Å². The maximum absolute atomic E-state index is 12.0. The van der Waals surface area contributed by atoms with Gasteiger partial charge in [-0.2, -0.15) is 0 Å². The highest BCUT2D eigenvalue weighted by Gasteiger charge is 2.26. The van der Waals surface area contributed by atoms with Gasteiger partial charge < -0.3 is 14.4 Å². The zero-order valence-electron chi connectivity index (χ0n) is 9.08. The van der Waals surface area contributed by atoms with E-state index in [4.69, 9.17) is 9.47 Å². The van der Waals surface area contributed by atoms with Crippen LogP contribution in [-0.2, 0) is 14.3 Å². The van der Waals surface area contributed by atoms with Gasteiger partial charge in [-0.25, -0.2) is 0 Å². The third-order valence-corrected chi connectivity index (χ3v) is 2.61. The molecule has 1 aliphatic rings. The van der Waals surface area contributed by atoms with Crippen molar-refractivity contribution in [1.82, 2.24) is 4.90 Å². The zero-order valence-corrected chi connectivity index (χ0v) is 10.7. The van der Waals surface area contributed by atoms with E-state index in [2.05, 4.69) is 22.9 Å². The molecule has 1 fully saturated rings.